The molecular weight excluding hydrogens is 508 g/mol. The number of ketones is 1. The lowest BCUT2D eigenvalue weighted by atomic mass is 9.70. The minimum Gasteiger partial charge on any atom is -0.483 e. The molecule has 200 valence electrons. The Bertz CT molecular complexity index is 1360. The number of nitrogens with two attached hydrogens (primary N) is 1. The highest BCUT2D eigenvalue weighted by molar-refractivity contribution is 6.31. The van der Waals surface area contributed by atoms with E-state index in [-0.39, 0.29) is 42.3 Å². The summed E-state index contributed by atoms with van der Waals surface area (Å²) in [5.41, 5.74) is 8.15. The van der Waals surface area contributed by atoms with E-state index in [1.54, 1.807) is 56.3 Å². The van der Waals surface area contributed by atoms with Gasteiger partial charge in [-0.15, -0.1) is 0 Å². The van der Waals surface area contributed by atoms with Gasteiger partial charge in [-0.25, -0.2) is 4.79 Å². The van der Waals surface area contributed by atoms with E-state index in [0.717, 1.165) is 5.56 Å². The summed E-state index contributed by atoms with van der Waals surface area (Å²) >= 11 is 6.16. The van der Waals surface area contributed by atoms with Crippen molar-refractivity contribution in [1.82, 2.24) is 0 Å². The molecule has 0 fully saturated rings. The van der Waals surface area contributed by atoms with Gasteiger partial charge in [0.1, 0.15) is 17.1 Å². The molecule has 1 aliphatic carbocycles. The molecule has 1 heterocycles. The van der Waals surface area contributed by atoms with E-state index in [0.29, 0.717) is 39.8 Å². The molecule has 0 bridgehead atoms. The average Bonchev–Trinajstić information content (AvgIpc) is 2.84. The number of rotatable bonds is 7. The highest BCUT2D eigenvalue weighted by Crippen LogP contribution is 2.49. The zero-order valence-corrected chi connectivity index (χ0v) is 22.6. The Morgan fingerprint density at radius 2 is 1.89 bits per heavy atom. The fourth-order valence-corrected chi connectivity index (χ4v) is 5.00. The third-order valence-electron chi connectivity index (χ3n) is 6.58. The van der Waals surface area contributed by atoms with Gasteiger partial charge in [0.05, 0.1) is 12.5 Å². The Balaban J connectivity index is 1.69. The molecule has 2 aromatic carbocycles. The number of anilines is 1. The molecule has 2 aromatic rings. The summed E-state index contributed by atoms with van der Waals surface area (Å²) in [6, 6.07) is 12.2. The van der Waals surface area contributed by atoms with Crippen molar-refractivity contribution in [2.45, 2.75) is 46.5 Å². The van der Waals surface area contributed by atoms with Crippen LogP contribution in [0.4, 0.5) is 5.69 Å². The number of hydrogen-bond acceptors (Lipinski definition) is 7. The fourth-order valence-electron chi connectivity index (χ4n) is 4.83. The summed E-state index contributed by atoms with van der Waals surface area (Å²) in [6.07, 6.45) is 0.762. The maximum Gasteiger partial charge on any atom is 0.340 e. The van der Waals surface area contributed by atoms with E-state index >= 15 is 0 Å². The maximum absolute atomic E-state index is 13.4. The van der Waals surface area contributed by atoms with Crippen LogP contribution in [0.2, 0.25) is 5.02 Å². The molecule has 0 spiro atoms. The molecule has 1 aliphatic heterocycles. The lowest BCUT2D eigenvalue weighted by Gasteiger charge is -2.38. The second-order valence-electron chi connectivity index (χ2n) is 10.1. The number of carbonyl (C=O) groups is 3. The molecule has 9 heteroatoms. The number of allylic oxidation sites excluding steroid dienone is 2. The second kappa shape index (κ2) is 10.9. The maximum atomic E-state index is 13.4. The van der Waals surface area contributed by atoms with Crippen molar-refractivity contribution in [1.29, 1.82) is 0 Å². The lowest BCUT2D eigenvalue weighted by molar-refractivity contribution is -0.139. The summed E-state index contributed by atoms with van der Waals surface area (Å²) < 4.78 is 17.1. The van der Waals surface area contributed by atoms with Gasteiger partial charge in [0.2, 0.25) is 5.88 Å². The molecule has 1 unspecified atom stereocenters. The molecule has 0 aromatic heterocycles. The van der Waals surface area contributed by atoms with E-state index in [4.69, 9.17) is 31.5 Å². The Kier molecular flexibility index (Phi) is 7.83. The van der Waals surface area contributed by atoms with Gasteiger partial charge in [0.25, 0.3) is 5.91 Å². The number of amides is 1. The van der Waals surface area contributed by atoms with Gasteiger partial charge in [0, 0.05) is 34.7 Å². The molecule has 0 radical (unpaired) electrons. The van der Waals surface area contributed by atoms with Gasteiger partial charge in [-0.2, -0.15) is 0 Å². The van der Waals surface area contributed by atoms with Gasteiger partial charge >= 0.3 is 5.97 Å². The summed E-state index contributed by atoms with van der Waals surface area (Å²) in [4.78, 5) is 39.2. The van der Waals surface area contributed by atoms with Crippen LogP contribution in [0.15, 0.2) is 65.3 Å². The van der Waals surface area contributed by atoms with E-state index in [1.807, 2.05) is 13.8 Å². The van der Waals surface area contributed by atoms with Crippen molar-refractivity contribution in [3.8, 4) is 5.75 Å². The van der Waals surface area contributed by atoms with Crippen molar-refractivity contribution in [3.05, 3.63) is 81.4 Å². The predicted octanol–water partition coefficient (Wildman–Crippen LogP) is 5.16. The van der Waals surface area contributed by atoms with E-state index < -0.39 is 17.8 Å². The van der Waals surface area contributed by atoms with Crippen molar-refractivity contribution < 1.29 is 28.6 Å². The first-order chi connectivity index (χ1) is 18.0. The number of hydrogen-bond donors (Lipinski definition) is 2. The van der Waals surface area contributed by atoms with Crippen LogP contribution >= 0.6 is 11.6 Å². The Labute approximate surface area is 226 Å². The first-order valence-electron chi connectivity index (χ1n) is 12.4. The summed E-state index contributed by atoms with van der Waals surface area (Å²) in [7, 11) is 0. The average molecular weight is 539 g/mol. The van der Waals surface area contributed by atoms with Gasteiger partial charge < -0.3 is 25.3 Å². The number of ether oxygens (including phenoxy) is 3. The van der Waals surface area contributed by atoms with Crippen molar-refractivity contribution >= 4 is 34.9 Å². The minimum atomic E-state index is -0.865. The molecule has 2 aliphatic rings. The minimum absolute atomic E-state index is 0.0358. The highest BCUT2D eigenvalue weighted by Gasteiger charge is 2.45. The second-order valence-corrected chi connectivity index (χ2v) is 10.5. The van der Waals surface area contributed by atoms with Crippen LogP contribution < -0.4 is 15.8 Å². The van der Waals surface area contributed by atoms with Crippen LogP contribution in [0.1, 0.15) is 50.7 Å². The third-order valence-corrected chi connectivity index (χ3v) is 6.99. The number of benzene rings is 2. The van der Waals surface area contributed by atoms with Gasteiger partial charge in [-0.1, -0.05) is 49.7 Å². The fraction of sp³-hybridized carbons (Fsp3) is 0.345. The zero-order chi connectivity index (χ0) is 27.6. The monoisotopic (exact) mass is 538 g/mol. The summed E-state index contributed by atoms with van der Waals surface area (Å²) in [5.74, 6) is -1.42. The molecule has 38 heavy (non-hydrogen) atoms. The number of Topliss-reactive ketones (excluding diaryl/α,β-unsaturated/α-hetero) is 1. The van der Waals surface area contributed by atoms with E-state index in [2.05, 4.69) is 5.32 Å². The smallest absolute Gasteiger partial charge is 0.340 e. The summed E-state index contributed by atoms with van der Waals surface area (Å²) in [6.45, 7) is 7.25. The van der Waals surface area contributed by atoms with E-state index in [9.17, 15) is 14.4 Å². The standard InChI is InChI=1S/C29H31ClN2O6/c1-5-36-28(35)26-24(25-20(33)13-29(3,4)14-22(25)38-27(26)31)17-9-6-7-12-21(17)37-15-23(34)32-19-11-8-10-18(30)16(19)2/h6-12,24H,5,13-15,31H2,1-4H3,(H,32,34). The van der Waals surface area contributed by atoms with Crippen LogP contribution in [-0.4, -0.2) is 30.9 Å². The number of carbonyl (C=O) groups excluding carboxylic acids is 3. The first-order valence-corrected chi connectivity index (χ1v) is 12.8. The Morgan fingerprint density at radius 3 is 2.63 bits per heavy atom. The number of para-hydroxylation sites is 1. The summed E-state index contributed by atoms with van der Waals surface area (Å²) in [5, 5.41) is 3.33. The predicted molar refractivity (Wildman–Crippen MR) is 143 cm³/mol. The van der Waals surface area contributed by atoms with Crippen molar-refractivity contribution in [2.75, 3.05) is 18.5 Å². The lowest BCUT2D eigenvalue weighted by Crippen LogP contribution is -2.36. The van der Waals surface area contributed by atoms with Gasteiger partial charge in [-0.05, 0) is 43.0 Å². The molecule has 3 N–H and O–H groups in total. The SMILES string of the molecule is CCOC(=O)C1=C(N)OC2=C(C(=O)CC(C)(C)C2)C1c1ccccc1OCC(=O)Nc1cccc(Cl)c1C. The largest absolute Gasteiger partial charge is 0.483 e. The number of esters is 1. The molecule has 1 atom stereocenters. The van der Waals surface area contributed by atoms with Crippen molar-refractivity contribution in [3.63, 3.8) is 0 Å². The molecule has 1 amide bonds. The third kappa shape index (κ3) is 5.55. The molecule has 4 rings (SSSR count). The van der Waals surface area contributed by atoms with Crippen LogP contribution in [-0.2, 0) is 23.9 Å². The quantitative estimate of drug-likeness (QED) is 0.468. The van der Waals surface area contributed by atoms with Crippen LogP contribution in [0.25, 0.3) is 0 Å². The zero-order valence-electron chi connectivity index (χ0n) is 21.9. The number of nitrogens with one attached hydrogen (secondary N) is 1. The van der Waals surface area contributed by atoms with Crippen molar-refractivity contribution in [2.24, 2.45) is 11.1 Å². The van der Waals surface area contributed by atoms with Gasteiger partial charge in [0.15, 0.2) is 12.4 Å². The Morgan fingerprint density at radius 1 is 1.16 bits per heavy atom. The normalized spacial score (nSPS) is 18.4. The first kappa shape index (κ1) is 27.3. The topological polar surface area (TPSA) is 117 Å². The van der Waals surface area contributed by atoms with E-state index in [1.165, 1.54) is 0 Å². The highest BCUT2D eigenvalue weighted by atomic mass is 35.5. The molecule has 8 nitrogen and oxygen atoms in total. The molecule has 0 saturated heterocycles. The molecular formula is C29H31ClN2O6. The Hall–Kier alpha value is -3.78. The van der Waals surface area contributed by atoms with Crippen LogP contribution in [0.5, 0.6) is 5.75 Å². The van der Waals surface area contributed by atoms with Crippen LogP contribution in [0.3, 0.4) is 0 Å². The van der Waals surface area contributed by atoms with Crippen LogP contribution in [0, 0.1) is 12.3 Å². The van der Waals surface area contributed by atoms with Gasteiger partial charge in [-0.3, -0.25) is 9.59 Å². The number of halogens is 1. The molecule has 0 saturated carbocycles.